The monoisotopic (exact) mass is 369 g/mol. The molecule has 2 aromatic heterocycles. The van der Waals surface area contributed by atoms with Crippen molar-refractivity contribution in [3.05, 3.63) is 35.2 Å². The number of rotatable bonds is 4. The minimum Gasteiger partial charge on any atom is -0.340 e. The first-order chi connectivity index (χ1) is 12.1. The summed E-state index contributed by atoms with van der Waals surface area (Å²) < 4.78 is 39.9. The third-order valence-electron chi connectivity index (χ3n) is 4.70. The van der Waals surface area contributed by atoms with Crippen molar-refractivity contribution in [1.29, 1.82) is 0 Å². The molecule has 0 saturated heterocycles. The third kappa shape index (κ3) is 3.76. The van der Waals surface area contributed by atoms with Crippen molar-refractivity contribution >= 4 is 5.91 Å². The highest BCUT2D eigenvalue weighted by Gasteiger charge is 2.36. The Morgan fingerprint density at radius 1 is 1.46 bits per heavy atom. The van der Waals surface area contributed by atoms with Crippen LogP contribution in [-0.4, -0.2) is 44.1 Å². The van der Waals surface area contributed by atoms with Crippen LogP contribution in [0.5, 0.6) is 0 Å². The minimum atomic E-state index is -4.43. The van der Waals surface area contributed by atoms with E-state index in [1.54, 1.807) is 22.6 Å². The molecule has 0 saturated carbocycles. The van der Waals surface area contributed by atoms with Gasteiger partial charge in [-0.15, -0.1) is 0 Å². The van der Waals surface area contributed by atoms with Crippen molar-refractivity contribution in [2.24, 2.45) is 5.92 Å². The molecule has 1 atom stereocenters. The average molecular weight is 369 g/mol. The lowest BCUT2D eigenvalue weighted by Crippen LogP contribution is -2.35. The number of alkyl halides is 3. The zero-order chi connectivity index (χ0) is 19.1. The number of carbonyl (C=O) groups is 1. The van der Waals surface area contributed by atoms with Crippen LogP contribution in [0, 0.1) is 5.92 Å². The fraction of sp³-hybridized carbons (Fsp3) is 0.588. The number of aryl methyl sites for hydroxylation is 1. The molecule has 0 aliphatic carbocycles. The molecule has 0 aromatic carbocycles. The highest BCUT2D eigenvalue weighted by molar-refractivity contribution is 5.92. The van der Waals surface area contributed by atoms with Gasteiger partial charge in [0.15, 0.2) is 5.69 Å². The number of fused-ring (bicyclic) bond motifs is 1. The summed E-state index contributed by atoms with van der Waals surface area (Å²) in [6, 6.07) is 1.74. The molecule has 1 amide bonds. The molecule has 1 aliphatic rings. The van der Waals surface area contributed by atoms with Gasteiger partial charge >= 0.3 is 6.18 Å². The molecule has 3 rings (SSSR count). The predicted molar refractivity (Wildman–Crippen MR) is 88.7 cm³/mol. The number of aromatic nitrogens is 4. The van der Waals surface area contributed by atoms with Crippen LogP contribution < -0.4 is 0 Å². The highest BCUT2D eigenvalue weighted by Crippen LogP contribution is 2.30. The second-order valence-electron chi connectivity index (χ2n) is 7.15. The van der Waals surface area contributed by atoms with Gasteiger partial charge in [0.25, 0.3) is 5.91 Å². The number of hydrogen-bond donors (Lipinski definition) is 1. The maximum Gasteiger partial charge on any atom is 0.434 e. The number of carbonyl (C=O) groups excluding carboxylic acids is 1. The first-order valence-corrected chi connectivity index (χ1v) is 8.59. The molecular weight excluding hydrogens is 347 g/mol. The second-order valence-corrected chi connectivity index (χ2v) is 7.15. The summed E-state index contributed by atoms with van der Waals surface area (Å²) in [6.45, 7) is 4.90. The second kappa shape index (κ2) is 6.77. The molecule has 0 fully saturated rings. The van der Waals surface area contributed by atoms with E-state index in [1.165, 1.54) is 0 Å². The van der Waals surface area contributed by atoms with Crippen molar-refractivity contribution in [3.8, 4) is 0 Å². The summed E-state index contributed by atoms with van der Waals surface area (Å²) in [6.07, 6.45) is -2.20. The van der Waals surface area contributed by atoms with Crippen molar-refractivity contribution in [1.82, 2.24) is 24.6 Å². The van der Waals surface area contributed by atoms with E-state index in [0.717, 1.165) is 11.9 Å². The number of hydrogen-bond acceptors (Lipinski definition) is 3. The molecule has 142 valence electrons. The van der Waals surface area contributed by atoms with Gasteiger partial charge in [0.1, 0.15) is 11.5 Å². The van der Waals surface area contributed by atoms with E-state index >= 15 is 0 Å². The zero-order valence-corrected chi connectivity index (χ0v) is 15.0. The molecule has 3 heterocycles. The van der Waals surface area contributed by atoms with Gasteiger partial charge in [-0.1, -0.05) is 13.8 Å². The Bertz CT molecular complexity index is 793. The third-order valence-corrected chi connectivity index (χ3v) is 4.70. The summed E-state index contributed by atoms with van der Waals surface area (Å²) in [5.41, 5.74) is 0.396. The van der Waals surface area contributed by atoms with Crippen LogP contribution in [0.2, 0.25) is 0 Å². The standard InChI is InChI=1S/C17H22F3N5O/c1-10(2)12-6-13(23-22-12)16(26)24(3)7-11-4-5-15-21-14(17(18,19)20)9-25(15)8-11/h6,9-11H,4-5,7-8H2,1-3H3,(H,22,23). The number of nitrogens with one attached hydrogen (secondary N) is 1. The van der Waals surface area contributed by atoms with Crippen LogP contribution in [0.1, 0.15) is 53.9 Å². The number of imidazole rings is 1. The summed E-state index contributed by atoms with van der Waals surface area (Å²) in [4.78, 5) is 17.8. The zero-order valence-electron chi connectivity index (χ0n) is 15.0. The average Bonchev–Trinajstić information content (AvgIpc) is 3.20. The van der Waals surface area contributed by atoms with Crippen LogP contribution in [0.3, 0.4) is 0 Å². The Hall–Kier alpha value is -2.32. The largest absolute Gasteiger partial charge is 0.434 e. The van der Waals surface area contributed by atoms with Gasteiger partial charge in [0.2, 0.25) is 0 Å². The Kier molecular flexibility index (Phi) is 4.81. The van der Waals surface area contributed by atoms with Crippen molar-refractivity contribution < 1.29 is 18.0 Å². The van der Waals surface area contributed by atoms with Gasteiger partial charge in [-0.2, -0.15) is 18.3 Å². The Morgan fingerprint density at radius 2 is 2.19 bits per heavy atom. The van der Waals surface area contributed by atoms with Crippen molar-refractivity contribution in [2.75, 3.05) is 13.6 Å². The molecular formula is C17H22F3N5O. The van der Waals surface area contributed by atoms with E-state index in [4.69, 9.17) is 0 Å². The first kappa shape index (κ1) is 18.5. The summed E-state index contributed by atoms with van der Waals surface area (Å²) >= 11 is 0. The molecule has 26 heavy (non-hydrogen) atoms. The van der Waals surface area contributed by atoms with Gasteiger partial charge < -0.3 is 9.47 Å². The van der Waals surface area contributed by atoms with Crippen LogP contribution in [-0.2, 0) is 19.1 Å². The topological polar surface area (TPSA) is 66.8 Å². The fourth-order valence-corrected chi connectivity index (χ4v) is 3.21. The molecule has 0 radical (unpaired) electrons. The van der Waals surface area contributed by atoms with Crippen LogP contribution >= 0.6 is 0 Å². The molecule has 1 aliphatic heterocycles. The summed E-state index contributed by atoms with van der Waals surface area (Å²) in [7, 11) is 1.69. The number of halogens is 3. The minimum absolute atomic E-state index is 0.0789. The van der Waals surface area contributed by atoms with E-state index < -0.39 is 11.9 Å². The Morgan fingerprint density at radius 3 is 2.81 bits per heavy atom. The number of aromatic amines is 1. The quantitative estimate of drug-likeness (QED) is 0.901. The maximum absolute atomic E-state index is 12.8. The fourth-order valence-electron chi connectivity index (χ4n) is 3.21. The lowest BCUT2D eigenvalue weighted by molar-refractivity contribution is -0.141. The molecule has 9 heteroatoms. The van der Waals surface area contributed by atoms with Gasteiger partial charge in [0, 0.05) is 38.4 Å². The molecule has 1 unspecified atom stereocenters. The summed E-state index contributed by atoms with van der Waals surface area (Å²) in [5, 5.41) is 6.92. The first-order valence-electron chi connectivity index (χ1n) is 8.59. The highest BCUT2D eigenvalue weighted by atomic mass is 19.4. The predicted octanol–water partition coefficient (Wildman–Crippen LogP) is 3.08. The molecule has 0 spiro atoms. The summed E-state index contributed by atoms with van der Waals surface area (Å²) in [5.74, 6) is 0.586. The molecule has 1 N–H and O–H groups in total. The van der Waals surface area contributed by atoms with E-state index in [1.807, 2.05) is 13.8 Å². The smallest absolute Gasteiger partial charge is 0.340 e. The van der Waals surface area contributed by atoms with E-state index in [-0.39, 0.29) is 17.7 Å². The van der Waals surface area contributed by atoms with Crippen LogP contribution in [0.4, 0.5) is 13.2 Å². The lowest BCUT2D eigenvalue weighted by Gasteiger charge is -2.27. The van der Waals surface area contributed by atoms with Gasteiger partial charge in [-0.25, -0.2) is 4.98 Å². The maximum atomic E-state index is 12.8. The van der Waals surface area contributed by atoms with Crippen LogP contribution in [0.15, 0.2) is 12.3 Å². The Labute approximate surface area is 149 Å². The normalized spacial score (nSPS) is 17.4. The van der Waals surface area contributed by atoms with E-state index in [0.29, 0.717) is 37.4 Å². The van der Waals surface area contributed by atoms with Crippen LogP contribution in [0.25, 0.3) is 0 Å². The van der Waals surface area contributed by atoms with Crippen molar-refractivity contribution in [2.45, 2.75) is 45.3 Å². The van der Waals surface area contributed by atoms with Gasteiger partial charge in [-0.3, -0.25) is 9.89 Å². The Balaban J connectivity index is 1.64. The van der Waals surface area contributed by atoms with Gasteiger partial charge in [0.05, 0.1) is 0 Å². The number of nitrogens with zero attached hydrogens (tertiary/aromatic N) is 4. The SMILES string of the molecule is CC(C)c1cc(C(=O)N(C)CC2CCc3nc(C(F)(F)F)cn3C2)n[nH]1. The van der Waals surface area contributed by atoms with Gasteiger partial charge in [-0.05, 0) is 24.3 Å². The molecule has 2 aromatic rings. The van der Waals surface area contributed by atoms with E-state index in [9.17, 15) is 18.0 Å². The van der Waals surface area contributed by atoms with E-state index in [2.05, 4.69) is 15.2 Å². The lowest BCUT2D eigenvalue weighted by atomic mass is 9.99. The van der Waals surface area contributed by atoms with Crippen molar-refractivity contribution in [3.63, 3.8) is 0 Å². The molecule has 6 nitrogen and oxygen atoms in total. The molecule has 0 bridgehead atoms. The number of H-pyrrole nitrogens is 1. The number of amides is 1.